The summed E-state index contributed by atoms with van der Waals surface area (Å²) in [6.45, 7) is 7.16. The molecular weight excluding hydrogens is 598 g/mol. The third-order valence-electron chi connectivity index (χ3n) is 7.06. The SMILES string of the molecule is C=CCOC(=O)c1sc(N2C(=O)C(=O)C(=C(O)c3ccc(OCc4ccccc4)c(C)c3)[C@@H]2c2ccc([N+](=O)[O-])cc2)nc1C. The number of aliphatic hydroxyl groups is 1. The van der Waals surface area contributed by atoms with Gasteiger partial charge in [0.1, 0.15) is 29.6 Å². The number of ether oxygens (including phenoxy) is 2. The maximum absolute atomic E-state index is 13.6. The van der Waals surface area contributed by atoms with E-state index in [9.17, 15) is 29.6 Å². The lowest BCUT2D eigenvalue weighted by molar-refractivity contribution is -0.384. The summed E-state index contributed by atoms with van der Waals surface area (Å²) in [5, 5.41) is 22.9. The van der Waals surface area contributed by atoms with Gasteiger partial charge >= 0.3 is 11.9 Å². The summed E-state index contributed by atoms with van der Waals surface area (Å²) in [5.74, 6) is -2.53. The maximum Gasteiger partial charge on any atom is 0.350 e. The number of nitro benzene ring substituents is 1. The molecule has 1 amide bonds. The minimum atomic E-state index is -1.21. The van der Waals surface area contributed by atoms with Crippen molar-refractivity contribution in [2.75, 3.05) is 11.5 Å². The van der Waals surface area contributed by atoms with Gasteiger partial charge in [0.2, 0.25) is 0 Å². The number of nitro groups is 1. The summed E-state index contributed by atoms with van der Waals surface area (Å²) in [7, 11) is 0. The fourth-order valence-corrected chi connectivity index (χ4v) is 5.84. The number of thiazole rings is 1. The summed E-state index contributed by atoms with van der Waals surface area (Å²) in [5.41, 5.74) is 2.05. The molecule has 45 heavy (non-hydrogen) atoms. The van der Waals surface area contributed by atoms with Gasteiger partial charge in [0.15, 0.2) is 5.13 Å². The minimum Gasteiger partial charge on any atom is -0.507 e. The van der Waals surface area contributed by atoms with Crippen molar-refractivity contribution in [2.45, 2.75) is 26.5 Å². The number of hydrogen-bond donors (Lipinski definition) is 1. The van der Waals surface area contributed by atoms with Gasteiger partial charge < -0.3 is 14.6 Å². The van der Waals surface area contributed by atoms with Gasteiger partial charge in [-0.1, -0.05) is 54.3 Å². The van der Waals surface area contributed by atoms with E-state index in [1.807, 2.05) is 30.3 Å². The van der Waals surface area contributed by atoms with E-state index < -0.39 is 34.4 Å². The second-order valence-corrected chi connectivity index (χ2v) is 11.0. The molecule has 11 nitrogen and oxygen atoms in total. The third-order valence-corrected chi connectivity index (χ3v) is 8.20. The molecule has 1 N–H and O–H groups in total. The zero-order chi connectivity index (χ0) is 32.2. The Balaban J connectivity index is 1.57. The van der Waals surface area contributed by atoms with E-state index in [1.165, 1.54) is 30.3 Å². The van der Waals surface area contributed by atoms with Gasteiger partial charge in [-0.25, -0.2) is 9.78 Å². The Labute approximate surface area is 261 Å². The lowest BCUT2D eigenvalue weighted by Gasteiger charge is -2.23. The predicted octanol–water partition coefficient (Wildman–Crippen LogP) is 6.22. The molecule has 0 unspecified atom stereocenters. The molecule has 3 aromatic carbocycles. The highest BCUT2D eigenvalue weighted by Gasteiger charge is 2.48. The monoisotopic (exact) mass is 625 g/mol. The number of aliphatic hydroxyl groups excluding tert-OH is 1. The molecule has 0 aliphatic carbocycles. The van der Waals surface area contributed by atoms with E-state index in [4.69, 9.17) is 9.47 Å². The molecule has 1 atom stereocenters. The van der Waals surface area contributed by atoms with Gasteiger partial charge in [-0.05, 0) is 60.9 Å². The van der Waals surface area contributed by atoms with Crippen molar-refractivity contribution in [1.29, 1.82) is 0 Å². The van der Waals surface area contributed by atoms with E-state index in [0.29, 0.717) is 23.5 Å². The average molecular weight is 626 g/mol. The number of aromatic nitrogens is 1. The molecule has 0 spiro atoms. The Morgan fingerprint density at radius 3 is 2.47 bits per heavy atom. The first-order valence-corrected chi connectivity index (χ1v) is 14.5. The highest BCUT2D eigenvalue weighted by atomic mass is 32.1. The molecule has 1 saturated heterocycles. The van der Waals surface area contributed by atoms with Gasteiger partial charge in [0.25, 0.3) is 11.5 Å². The number of amides is 1. The van der Waals surface area contributed by atoms with Crippen LogP contribution in [-0.4, -0.2) is 39.3 Å². The fraction of sp³-hybridized carbons (Fsp3) is 0.152. The number of esters is 1. The van der Waals surface area contributed by atoms with Gasteiger partial charge in [0.05, 0.1) is 22.2 Å². The molecule has 12 heteroatoms. The zero-order valence-electron chi connectivity index (χ0n) is 24.3. The van der Waals surface area contributed by atoms with Crippen LogP contribution in [-0.2, 0) is 20.9 Å². The van der Waals surface area contributed by atoms with Crippen LogP contribution < -0.4 is 9.64 Å². The number of nitrogens with zero attached hydrogens (tertiary/aromatic N) is 3. The molecule has 0 radical (unpaired) electrons. The lowest BCUT2D eigenvalue weighted by atomic mass is 9.94. The Hall–Kier alpha value is -5.62. The topological polar surface area (TPSA) is 149 Å². The normalized spacial score (nSPS) is 15.6. The van der Waals surface area contributed by atoms with E-state index >= 15 is 0 Å². The predicted molar refractivity (Wildman–Crippen MR) is 167 cm³/mol. The first kappa shape index (κ1) is 30.8. The molecule has 1 aliphatic rings. The van der Waals surface area contributed by atoms with Crippen LogP contribution in [0.15, 0.2) is 91.0 Å². The van der Waals surface area contributed by atoms with Gasteiger partial charge in [-0.15, -0.1) is 0 Å². The molecule has 2 heterocycles. The number of carbonyl (C=O) groups is 3. The number of Topliss-reactive ketones (excluding diaryl/α,β-unsaturated/α-hetero) is 1. The number of ketones is 1. The molecule has 0 saturated carbocycles. The van der Waals surface area contributed by atoms with Gasteiger partial charge in [0, 0.05) is 17.7 Å². The van der Waals surface area contributed by atoms with Crippen molar-refractivity contribution < 1.29 is 33.9 Å². The van der Waals surface area contributed by atoms with Crippen molar-refractivity contribution >= 4 is 45.6 Å². The summed E-state index contributed by atoms with van der Waals surface area (Å²) in [6.07, 6.45) is 1.41. The Bertz CT molecular complexity index is 1850. The number of carbonyl (C=O) groups excluding carboxylic acids is 3. The van der Waals surface area contributed by atoms with Crippen LogP contribution >= 0.6 is 11.3 Å². The number of anilines is 1. The summed E-state index contributed by atoms with van der Waals surface area (Å²) in [4.78, 5) is 56.1. The van der Waals surface area contributed by atoms with Crippen LogP contribution in [0.5, 0.6) is 5.75 Å². The molecule has 1 fully saturated rings. The smallest absolute Gasteiger partial charge is 0.350 e. The highest BCUT2D eigenvalue weighted by molar-refractivity contribution is 7.17. The maximum atomic E-state index is 13.6. The van der Waals surface area contributed by atoms with Crippen molar-refractivity contribution in [1.82, 2.24) is 4.98 Å². The van der Waals surface area contributed by atoms with Crippen LogP contribution in [0.1, 0.15) is 43.7 Å². The quantitative estimate of drug-likeness (QED) is 0.0412. The number of hydrogen-bond acceptors (Lipinski definition) is 10. The van der Waals surface area contributed by atoms with Crippen molar-refractivity contribution in [3.8, 4) is 5.75 Å². The summed E-state index contributed by atoms with van der Waals surface area (Å²) < 4.78 is 11.1. The van der Waals surface area contributed by atoms with Crippen molar-refractivity contribution in [3.63, 3.8) is 0 Å². The van der Waals surface area contributed by atoms with E-state index in [2.05, 4.69) is 11.6 Å². The molecule has 5 rings (SSSR count). The van der Waals surface area contributed by atoms with E-state index in [0.717, 1.165) is 21.8 Å². The summed E-state index contributed by atoms with van der Waals surface area (Å²) >= 11 is 0.849. The Morgan fingerprint density at radius 2 is 1.82 bits per heavy atom. The highest BCUT2D eigenvalue weighted by Crippen LogP contribution is 2.44. The number of non-ortho nitro benzene ring substituents is 1. The molecule has 228 valence electrons. The lowest BCUT2D eigenvalue weighted by Crippen LogP contribution is -2.29. The van der Waals surface area contributed by atoms with Gasteiger partial charge in [-0.3, -0.25) is 24.6 Å². The van der Waals surface area contributed by atoms with Crippen molar-refractivity contribution in [2.24, 2.45) is 0 Å². The van der Waals surface area contributed by atoms with Crippen LogP contribution in [0, 0.1) is 24.0 Å². The molecule has 0 bridgehead atoms. The second-order valence-electron chi connectivity index (χ2n) is 10.1. The van der Waals surface area contributed by atoms with Crippen LogP contribution in [0.3, 0.4) is 0 Å². The Morgan fingerprint density at radius 1 is 1.11 bits per heavy atom. The van der Waals surface area contributed by atoms with Crippen molar-refractivity contribution in [3.05, 3.63) is 134 Å². The standard InChI is InChI=1S/C33H27N3O8S/c1-4-16-43-32(40)30-20(3)34-33(45-30)35-27(22-10-13-24(14-11-22)36(41)42)26(29(38)31(35)39)28(37)23-12-15-25(19(2)17-23)44-18-21-8-6-5-7-9-21/h4-15,17,27,37H,1,16,18H2,2-3H3/t27-/m0/s1. The third kappa shape index (κ3) is 6.22. The first-order valence-electron chi connectivity index (χ1n) is 13.7. The second kappa shape index (κ2) is 12.9. The number of rotatable bonds is 10. The Kier molecular flexibility index (Phi) is 8.86. The van der Waals surface area contributed by atoms with E-state index in [1.54, 1.807) is 32.0 Å². The zero-order valence-corrected chi connectivity index (χ0v) is 25.1. The first-order chi connectivity index (χ1) is 21.6. The molecule has 1 aromatic heterocycles. The minimum absolute atomic E-state index is 0.0170. The van der Waals surface area contributed by atoms with E-state index in [-0.39, 0.29) is 39.1 Å². The average Bonchev–Trinajstić information content (AvgIpc) is 3.55. The molecule has 4 aromatic rings. The van der Waals surface area contributed by atoms with Crippen LogP contribution in [0.2, 0.25) is 0 Å². The molecular formula is C33H27N3O8S. The largest absolute Gasteiger partial charge is 0.507 e. The molecule has 1 aliphatic heterocycles. The number of benzene rings is 3. The fourth-order valence-electron chi connectivity index (χ4n) is 4.85. The van der Waals surface area contributed by atoms with Gasteiger partial charge in [-0.2, -0.15) is 0 Å². The number of aryl methyl sites for hydroxylation is 2. The summed E-state index contributed by atoms with van der Waals surface area (Å²) in [6, 6.07) is 18.5. The van der Waals surface area contributed by atoms with Crippen LogP contribution in [0.4, 0.5) is 10.8 Å². The van der Waals surface area contributed by atoms with Crippen LogP contribution in [0.25, 0.3) is 5.76 Å².